The van der Waals surface area contributed by atoms with Gasteiger partial charge in [-0.25, -0.2) is 0 Å². The van der Waals surface area contributed by atoms with Crippen LogP contribution in [-0.4, -0.2) is 27.1 Å². The van der Waals surface area contributed by atoms with Crippen LogP contribution in [0.1, 0.15) is 43.7 Å². The van der Waals surface area contributed by atoms with Gasteiger partial charge in [-0.2, -0.15) is 11.8 Å². The first-order valence-corrected chi connectivity index (χ1v) is 7.48. The molecule has 0 radical (unpaired) electrons. The molecule has 1 aromatic heterocycles. The van der Waals surface area contributed by atoms with Crippen molar-refractivity contribution in [1.29, 1.82) is 0 Å². The van der Waals surface area contributed by atoms with Crippen molar-refractivity contribution in [3.8, 4) is 0 Å². The molecule has 0 fully saturated rings. The van der Waals surface area contributed by atoms with Gasteiger partial charge in [0.05, 0.1) is 17.0 Å². The van der Waals surface area contributed by atoms with E-state index in [0.717, 1.165) is 47.7 Å². The van der Waals surface area contributed by atoms with Crippen LogP contribution in [0.3, 0.4) is 0 Å². The first kappa shape index (κ1) is 13.5. The van der Waals surface area contributed by atoms with Crippen molar-refractivity contribution >= 4 is 17.5 Å². The lowest BCUT2D eigenvalue weighted by Gasteiger charge is -2.24. The lowest BCUT2D eigenvalue weighted by atomic mass is 9.83. The molecule has 1 heterocycles. The van der Waals surface area contributed by atoms with Crippen LogP contribution in [-0.2, 0) is 6.42 Å². The Kier molecular flexibility index (Phi) is 4.32. The van der Waals surface area contributed by atoms with Gasteiger partial charge in [-0.1, -0.05) is 24.2 Å². The van der Waals surface area contributed by atoms with Crippen LogP contribution in [0.25, 0.3) is 0 Å². The van der Waals surface area contributed by atoms with Crippen molar-refractivity contribution in [2.75, 3.05) is 5.75 Å². The zero-order valence-corrected chi connectivity index (χ0v) is 12.0. The zero-order chi connectivity index (χ0) is 13.1. The summed E-state index contributed by atoms with van der Waals surface area (Å²) in [5, 5.41) is 17.2. The van der Waals surface area contributed by atoms with E-state index in [9.17, 15) is 0 Å². The molecule has 0 aliphatic heterocycles. The van der Waals surface area contributed by atoms with E-state index in [1.54, 1.807) is 0 Å². The summed E-state index contributed by atoms with van der Waals surface area (Å²) in [7, 11) is 0. The third kappa shape index (κ3) is 2.71. The molecule has 0 aromatic carbocycles. The van der Waals surface area contributed by atoms with Crippen molar-refractivity contribution in [2.45, 2.75) is 45.3 Å². The molecule has 4 nitrogen and oxygen atoms in total. The summed E-state index contributed by atoms with van der Waals surface area (Å²) in [6.07, 6.45) is 2.85. The molecule has 1 aliphatic carbocycles. The van der Waals surface area contributed by atoms with Gasteiger partial charge in [0.2, 0.25) is 0 Å². The fourth-order valence-corrected chi connectivity index (χ4v) is 3.69. The van der Waals surface area contributed by atoms with Gasteiger partial charge in [0.25, 0.3) is 0 Å². The number of fused-ring (bicyclic) bond motifs is 1. The summed E-state index contributed by atoms with van der Waals surface area (Å²) >= 11 is 1.97. The van der Waals surface area contributed by atoms with Crippen LogP contribution < -0.4 is 0 Å². The Bertz CT molecular complexity index is 442. The van der Waals surface area contributed by atoms with E-state index in [0.29, 0.717) is 11.2 Å². The summed E-state index contributed by atoms with van der Waals surface area (Å²) in [5.74, 6) is 2.51. The smallest absolute Gasteiger partial charge is 0.146 e. The molecule has 2 rings (SSSR count). The first-order chi connectivity index (χ1) is 8.65. The van der Waals surface area contributed by atoms with Gasteiger partial charge in [-0.05, 0) is 31.4 Å². The number of nitrogens with zero attached hydrogens (tertiary/aromatic N) is 2. The van der Waals surface area contributed by atoms with E-state index in [-0.39, 0.29) is 0 Å². The van der Waals surface area contributed by atoms with Gasteiger partial charge in [-0.15, -0.1) is 0 Å². The van der Waals surface area contributed by atoms with Crippen LogP contribution in [0, 0.1) is 12.8 Å². The quantitative estimate of drug-likeness (QED) is 0.672. The second-order valence-electron chi connectivity index (χ2n) is 4.89. The Morgan fingerprint density at radius 1 is 1.56 bits per heavy atom. The number of rotatable bonds is 4. The van der Waals surface area contributed by atoms with E-state index in [2.05, 4.69) is 24.2 Å². The predicted molar refractivity (Wildman–Crippen MR) is 73.6 cm³/mol. The molecule has 100 valence electrons. The van der Waals surface area contributed by atoms with Gasteiger partial charge in [0.15, 0.2) is 0 Å². The van der Waals surface area contributed by atoms with Crippen LogP contribution in [0.5, 0.6) is 0 Å². The van der Waals surface area contributed by atoms with E-state index >= 15 is 0 Å². The molecule has 1 N–H and O–H groups in total. The molecule has 1 aliphatic rings. The summed E-state index contributed by atoms with van der Waals surface area (Å²) in [5.41, 5.74) is 2.48. The largest absolute Gasteiger partial charge is 0.411 e. The normalized spacial score (nSPS) is 23.1. The molecule has 1 aromatic rings. The lowest BCUT2D eigenvalue weighted by Crippen LogP contribution is -2.22. The van der Waals surface area contributed by atoms with Crippen molar-refractivity contribution < 1.29 is 9.73 Å². The van der Waals surface area contributed by atoms with Gasteiger partial charge in [0.1, 0.15) is 5.76 Å². The third-order valence-corrected chi connectivity index (χ3v) is 4.51. The minimum Gasteiger partial charge on any atom is -0.411 e. The molecule has 2 atom stereocenters. The number of hydrogen-bond acceptors (Lipinski definition) is 5. The molecule has 0 saturated carbocycles. The standard InChI is InChI=1S/C13H20N2O2S/c1-4-18-8(2)5-10-6-11(14-16)13-9(3)15-17-12(13)7-10/h8,10,16H,4-7H2,1-3H3/b14-11+. The van der Waals surface area contributed by atoms with Crippen molar-refractivity contribution in [2.24, 2.45) is 11.1 Å². The highest BCUT2D eigenvalue weighted by Gasteiger charge is 2.30. The molecular formula is C13H20N2O2S. The fraction of sp³-hybridized carbons (Fsp3) is 0.692. The van der Waals surface area contributed by atoms with Gasteiger partial charge in [-0.3, -0.25) is 0 Å². The maximum Gasteiger partial charge on any atom is 0.146 e. The third-order valence-electron chi connectivity index (χ3n) is 3.42. The maximum atomic E-state index is 9.15. The fourth-order valence-electron chi connectivity index (χ4n) is 2.72. The molecule has 0 spiro atoms. The average molecular weight is 268 g/mol. The van der Waals surface area contributed by atoms with Gasteiger partial charge in [0, 0.05) is 11.7 Å². The van der Waals surface area contributed by atoms with E-state index in [1.807, 2.05) is 18.7 Å². The minimum absolute atomic E-state index is 0.491. The van der Waals surface area contributed by atoms with Crippen molar-refractivity contribution in [3.05, 3.63) is 17.0 Å². The van der Waals surface area contributed by atoms with Crippen molar-refractivity contribution in [1.82, 2.24) is 5.16 Å². The SMILES string of the molecule is CCSC(C)CC1C/C(=N\O)c2c(C)noc2C1. The summed E-state index contributed by atoms with van der Waals surface area (Å²) < 4.78 is 5.34. The molecule has 0 saturated heterocycles. The molecular weight excluding hydrogens is 248 g/mol. The van der Waals surface area contributed by atoms with Crippen LogP contribution in [0.4, 0.5) is 0 Å². The number of hydrogen-bond donors (Lipinski definition) is 1. The lowest BCUT2D eigenvalue weighted by molar-refractivity contribution is 0.310. The Morgan fingerprint density at radius 3 is 3.00 bits per heavy atom. The Balaban J connectivity index is 2.12. The molecule has 5 heteroatoms. The zero-order valence-electron chi connectivity index (χ0n) is 11.1. The highest BCUT2D eigenvalue weighted by molar-refractivity contribution is 7.99. The Labute approximate surface area is 112 Å². The average Bonchev–Trinajstić information content (AvgIpc) is 2.70. The van der Waals surface area contributed by atoms with Crippen LogP contribution in [0.2, 0.25) is 0 Å². The minimum atomic E-state index is 0.491. The maximum absolute atomic E-state index is 9.15. The highest BCUT2D eigenvalue weighted by Crippen LogP contribution is 2.32. The molecule has 18 heavy (non-hydrogen) atoms. The first-order valence-electron chi connectivity index (χ1n) is 6.43. The molecule has 0 bridgehead atoms. The van der Waals surface area contributed by atoms with Crippen LogP contribution in [0.15, 0.2) is 9.68 Å². The number of aromatic nitrogens is 1. The second-order valence-corrected chi connectivity index (χ2v) is 6.60. The number of thioether (sulfide) groups is 1. The summed E-state index contributed by atoms with van der Waals surface area (Å²) in [6.45, 7) is 6.33. The summed E-state index contributed by atoms with van der Waals surface area (Å²) in [4.78, 5) is 0. The Hall–Kier alpha value is -0.970. The molecule has 0 amide bonds. The monoisotopic (exact) mass is 268 g/mol. The van der Waals surface area contributed by atoms with Gasteiger partial charge >= 0.3 is 0 Å². The van der Waals surface area contributed by atoms with E-state index in [1.165, 1.54) is 0 Å². The second kappa shape index (κ2) is 5.78. The molecule has 2 unspecified atom stereocenters. The van der Waals surface area contributed by atoms with E-state index < -0.39 is 0 Å². The number of aryl methyl sites for hydroxylation is 1. The van der Waals surface area contributed by atoms with Gasteiger partial charge < -0.3 is 9.73 Å². The summed E-state index contributed by atoms with van der Waals surface area (Å²) in [6, 6.07) is 0. The van der Waals surface area contributed by atoms with E-state index in [4.69, 9.17) is 9.73 Å². The van der Waals surface area contributed by atoms with Crippen LogP contribution >= 0.6 is 11.8 Å². The highest BCUT2D eigenvalue weighted by atomic mass is 32.2. The Morgan fingerprint density at radius 2 is 2.33 bits per heavy atom. The topological polar surface area (TPSA) is 58.6 Å². The van der Waals surface area contributed by atoms with Crippen molar-refractivity contribution in [3.63, 3.8) is 0 Å². The predicted octanol–water partition coefficient (Wildman–Crippen LogP) is 3.26. The number of oxime groups is 1.